The van der Waals surface area contributed by atoms with Crippen LogP contribution in [0.4, 0.5) is 5.69 Å². The summed E-state index contributed by atoms with van der Waals surface area (Å²) in [5, 5.41) is 2.52. The van der Waals surface area contributed by atoms with Gasteiger partial charge in [-0.05, 0) is 64.1 Å². The van der Waals surface area contributed by atoms with E-state index in [1.807, 2.05) is 6.92 Å². The van der Waals surface area contributed by atoms with Gasteiger partial charge in [-0.25, -0.2) is 21.6 Å². The Morgan fingerprint density at radius 1 is 0.879 bits per heavy atom. The minimum absolute atomic E-state index is 0.0449. The lowest BCUT2D eigenvalue weighted by Gasteiger charge is -2.14. The first kappa shape index (κ1) is 26.5. The number of rotatable bonds is 10. The third-order valence-electron chi connectivity index (χ3n) is 4.46. The van der Waals surface area contributed by atoms with Gasteiger partial charge in [-0.1, -0.05) is 17.7 Å². The van der Waals surface area contributed by atoms with E-state index < -0.39 is 50.0 Å². The molecule has 33 heavy (non-hydrogen) atoms. The summed E-state index contributed by atoms with van der Waals surface area (Å²) in [5.41, 5.74) is 1.23. The van der Waals surface area contributed by atoms with Gasteiger partial charge in [-0.15, -0.1) is 0 Å². The molecule has 0 bridgehead atoms. The first-order valence-electron chi connectivity index (χ1n) is 10.2. The van der Waals surface area contributed by atoms with Crippen molar-refractivity contribution in [3.63, 3.8) is 0 Å². The Balaban J connectivity index is 1.89. The van der Waals surface area contributed by atoms with Crippen LogP contribution in [0.15, 0.2) is 58.3 Å². The first-order valence-corrected chi connectivity index (χ1v) is 13.4. The van der Waals surface area contributed by atoms with E-state index in [-0.39, 0.29) is 15.8 Å². The number of benzene rings is 2. The number of sulfone groups is 1. The molecule has 0 radical (unpaired) electrons. The van der Waals surface area contributed by atoms with E-state index in [9.17, 15) is 26.4 Å². The molecule has 0 fully saturated rings. The molecule has 11 heteroatoms. The van der Waals surface area contributed by atoms with Crippen molar-refractivity contribution < 1.29 is 31.2 Å². The van der Waals surface area contributed by atoms with Crippen LogP contribution in [0.3, 0.4) is 0 Å². The zero-order valence-corrected chi connectivity index (χ0v) is 20.5. The summed E-state index contributed by atoms with van der Waals surface area (Å²) in [6.07, 6.45) is -1.57. The summed E-state index contributed by atoms with van der Waals surface area (Å²) in [7, 11) is -7.32. The minimum Gasteiger partial charge on any atom is -0.453 e. The van der Waals surface area contributed by atoms with Crippen LogP contribution in [-0.4, -0.2) is 46.6 Å². The fraction of sp³-hybridized carbons (Fsp3) is 0.364. The molecule has 1 atom stereocenters. The molecule has 0 heterocycles. The maximum Gasteiger partial charge on any atom is 0.307 e. The van der Waals surface area contributed by atoms with Crippen molar-refractivity contribution in [1.29, 1.82) is 0 Å². The zero-order valence-electron chi connectivity index (χ0n) is 18.9. The van der Waals surface area contributed by atoms with Gasteiger partial charge in [-0.3, -0.25) is 9.59 Å². The zero-order chi connectivity index (χ0) is 24.8. The first-order chi connectivity index (χ1) is 15.3. The van der Waals surface area contributed by atoms with Crippen LogP contribution in [0, 0.1) is 6.92 Å². The lowest BCUT2D eigenvalue weighted by Crippen LogP contribution is -2.31. The van der Waals surface area contributed by atoms with E-state index in [0.717, 1.165) is 5.56 Å². The van der Waals surface area contributed by atoms with Crippen molar-refractivity contribution in [2.45, 2.75) is 56.1 Å². The molecule has 1 amide bonds. The van der Waals surface area contributed by atoms with Gasteiger partial charge in [0, 0.05) is 11.7 Å². The summed E-state index contributed by atoms with van der Waals surface area (Å²) in [4.78, 5) is 24.5. The SMILES string of the molecule is Cc1ccc(S(=O)(=O)CCC(=O)OC(C)C(=O)Nc2ccc(S(=O)(=O)NC(C)C)cc2)cc1. The highest BCUT2D eigenvalue weighted by molar-refractivity contribution is 7.91. The molecule has 2 aromatic carbocycles. The van der Waals surface area contributed by atoms with E-state index >= 15 is 0 Å². The molecular weight excluding hydrogens is 468 g/mol. The van der Waals surface area contributed by atoms with Crippen LogP contribution < -0.4 is 10.0 Å². The smallest absolute Gasteiger partial charge is 0.307 e. The summed E-state index contributed by atoms with van der Waals surface area (Å²) >= 11 is 0. The molecule has 0 aliphatic rings. The summed E-state index contributed by atoms with van der Waals surface area (Å²) in [6.45, 7) is 6.59. The molecule has 2 aromatic rings. The highest BCUT2D eigenvalue weighted by Crippen LogP contribution is 2.16. The third kappa shape index (κ3) is 7.95. The fourth-order valence-corrected chi connectivity index (χ4v) is 5.20. The van der Waals surface area contributed by atoms with Crippen molar-refractivity contribution >= 4 is 37.4 Å². The second-order valence-corrected chi connectivity index (χ2v) is 11.6. The quantitative estimate of drug-likeness (QED) is 0.482. The summed E-state index contributed by atoms with van der Waals surface area (Å²) in [5.74, 6) is -1.90. The average Bonchev–Trinajstić information content (AvgIpc) is 2.72. The Kier molecular flexibility index (Phi) is 8.76. The molecule has 180 valence electrons. The van der Waals surface area contributed by atoms with E-state index in [2.05, 4.69) is 10.0 Å². The molecule has 0 aliphatic heterocycles. The Morgan fingerprint density at radius 2 is 1.42 bits per heavy atom. The number of sulfonamides is 1. The second-order valence-electron chi connectivity index (χ2n) is 7.80. The van der Waals surface area contributed by atoms with Gasteiger partial charge in [0.05, 0.1) is 22.0 Å². The lowest BCUT2D eigenvalue weighted by molar-refractivity contribution is -0.152. The van der Waals surface area contributed by atoms with E-state index in [0.29, 0.717) is 5.69 Å². The predicted octanol–water partition coefficient (Wildman–Crippen LogP) is 2.42. The van der Waals surface area contributed by atoms with Crippen LogP contribution >= 0.6 is 0 Å². The molecular formula is C22H28N2O7S2. The van der Waals surface area contributed by atoms with E-state index in [1.54, 1.807) is 26.0 Å². The maximum absolute atomic E-state index is 12.3. The minimum atomic E-state index is -3.66. The Hall–Kier alpha value is -2.76. The van der Waals surface area contributed by atoms with Crippen LogP contribution in [0.5, 0.6) is 0 Å². The van der Waals surface area contributed by atoms with Gasteiger partial charge in [0.25, 0.3) is 5.91 Å². The molecule has 1 unspecified atom stereocenters. The molecule has 0 aromatic heterocycles. The standard InChI is InChI=1S/C22H28N2O7S2/c1-15(2)24-33(29,30)20-11-7-18(8-12-20)23-22(26)17(4)31-21(25)13-14-32(27,28)19-9-5-16(3)6-10-19/h5-12,15,17,24H,13-14H2,1-4H3,(H,23,26). The highest BCUT2D eigenvalue weighted by atomic mass is 32.2. The van der Waals surface area contributed by atoms with E-state index in [4.69, 9.17) is 4.74 Å². The maximum atomic E-state index is 12.3. The molecule has 0 aliphatic carbocycles. The molecule has 0 saturated heterocycles. The van der Waals surface area contributed by atoms with Crippen molar-refractivity contribution in [2.24, 2.45) is 0 Å². The van der Waals surface area contributed by atoms with Crippen LogP contribution in [0.1, 0.15) is 32.8 Å². The van der Waals surface area contributed by atoms with Crippen molar-refractivity contribution in [3.05, 3.63) is 54.1 Å². The monoisotopic (exact) mass is 496 g/mol. The summed E-state index contributed by atoms with van der Waals surface area (Å²) in [6, 6.07) is 11.5. The van der Waals surface area contributed by atoms with Crippen molar-refractivity contribution in [1.82, 2.24) is 4.72 Å². The largest absolute Gasteiger partial charge is 0.453 e. The third-order valence-corrected chi connectivity index (χ3v) is 7.86. The lowest BCUT2D eigenvalue weighted by atomic mass is 10.2. The molecule has 0 saturated carbocycles. The number of ether oxygens (including phenoxy) is 1. The van der Waals surface area contributed by atoms with Crippen LogP contribution in [-0.2, 0) is 34.2 Å². The van der Waals surface area contributed by atoms with Gasteiger partial charge >= 0.3 is 5.97 Å². The van der Waals surface area contributed by atoms with Crippen LogP contribution in [0.2, 0.25) is 0 Å². The van der Waals surface area contributed by atoms with Gasteiger partial charge in [0.1, 0.15) is 0 Å². The molecule has 9 nitrogen and oxygen atoms in total. The number of anilines is 1. The summed E-state index contributed by atoms with van der Waals surface area (Å²) < 4.78 is 56.4. The van der Waals surface area contributed by atoms with Gasteiger partial charge in [0.2, 0.25) is 10.0 Å². The molecule has 2 N–H and O–H groups in total. The van der Waals surface area contributed by atoms with Gasteiger partial charge in [0.15, 0.2) is 15.9 Å². The fourth-order valence-electron chi connectivity index (χ4n) is 2.73. The van der Waals surface area contributed by atoms with Crippen LogP contribution in [0.25, 0.3) is 0 Å². The predicted molar refractivity (Wildman–Crippen MR) is 124 cm³/mol. The number of amides is 1. The number of aryl methyl sites for hydroxylation is 1. The highest BCUT2D eigenvalue weighted by Gasteiger charge is 2.22. The van der Waals surface area contributed by atoms with Crippen molar-refractivity contribution in [2.75, 3.05) is 11.1 Å². The Labute approximate surface area is 194 Å². The number of hydrogen-bond acceptors (Lipinski definition) is 7. The average molecular weight is 497 g/mol. The number of esters is 1. The second kappa shape index (κ2) is 10.9. The van der Waals surface area contributed by atoms with E-state index in [1.165, 1.54) is 43.3 Å². The molecule has 0 spiro atoms. The molecule has 2 rings (SSSR count). The normalized spacial score (nSPS) is 12.9. The number of carbonyl (C=O) groups is 2. The van der Waals surface area contributed by atoms with Gasteiger partial charge < -0.3 is 10.1 Å². The number of carbonyl (C=O) groups excluding carboxylic acids is 2. The van der Waals surface area contributed by atoms with Crippen molar-refractivity contribution in [3.8, 4) is 0 Å². The number of hydrogen-bond donors (Lipinski definition) is 2. The number of nitrogens with one attached hydrogen (secondary N) is 2. The Morgan fingerprint density at radius 3 is 1.97 bits per heavy atom. The van der Waals surface area contributed by atoms with Gasteiger partial charge in [-0.2, -0.15) is 0 Å². The topological polar surface area (TPSA) is 136 Å². The Bertz CT molecular complexity index is 1190.